The second kappa shape index (κ2) is 4.68. The number of hydrogen-bond donors (Lipinski definition) is 1. The summed E-state index contributed by atoms with van der Waals surface area (Å²) < 4.78 is 0. The van der Waals surface area contributed by atoms with Crippen LogP contribution in [0, 0.1) is 5.21 Å². The summed E-state index contributed by atoms with van der Waals surface area (Å²) in [6.45, 7) is 0. The van der Waals surface area contributed by atoms with E-state index >= 15 is 0 Å². The summed E-state index contributed by atoms with van der Waals surface area (Å²) in [5.41, 5.74) is 2.77. The molecule has 4 nitrogen and oxygen atoms in total. The fourth-order valence-corrected chi connectivity index (χ4v) is 1.67. The zero-order valence-electron chi connectivity index (χ0n) is 7.09. The highest BCUT2D eigenvalue weighted by atomic mass is 35.5. The first-order chi connectivity index (χ1) is 6.50. The fraction of sp³-hybridized carbons (Fsp3) is 0.143. The van der Waals surface area contributed by atoms with Crippen molar-refractivity contribution < 1.29 is 4.86 Å². The number of nitrogens with zero attached hydrogens (tertiary/aromatic N) is 2. The second-order valence-electron chi connectivity index (χ2n) is 2.42. The largest absolute Gasteiger partial charge is 0.696 e. The molecule has 0 heterocycles. The topological polar surface area (TPSA) is 50.5 Å². The van der Waals surface area contributed by atoms with Crippen LogP contribution in [0.1, 0.15) is 0 Å². The minimum absolute atomic E-state index is 0.299. The molecule has 0 amide bonds. The first kappa shape index (κ1) is 11.4. The Morgan fingerprint density at radius 2 is 1.79 bits per heavy atom. The van der Waals surface area contributed by atoms with E-state index in [0.29, 0.717) is 25.6 Å². The number of rotatable bonds is 2. The van der Waals surface area contributed by atoms with Crippen LogP contribution in [0.15, 0.2) is 17.4 Å². The van der Waals surface area contributed by atoms with E-state index in [1.54, 1.807) is 0 Å². The van der Waals surface area contributed by atoms with Crippen molar-refractivity contribution in [2.75, 3.05) is 12.5 Å². The lowest BCUT2D eigenvalue weighted by molar-refractivity contribution is -0.497. The summed E-state index contributed by atoms with van der Waals surface area (Å²) in [6.07, 6.45) is 0. The number of benzene rings is 1. The molecule has 0 fully saturated rings. The fourth-order valence-electron chi connectivity index (χ4n) is 0.769. The Kier molecular flexibility index (Phi) is 3.80. The highest BCUT2D eigenvalue weighted by Gasteiger charge is 2.10. The predicted octanol–water partition coefficient (Wildman–Crippen LogP) is 3.57. The average Bonchev–Trinajstić information content (AvgIpc) is 2.01. The summed E-state index contributed by atoms with van der Waals surface area (Å²) >= 11 is 17.3. The van der Waals surface area contributed by atoms with E-state index in [1.165, 1.54) is 19.2 Å². The third-order valence-corrected chi connectivity index (χ3v) is 2.12. The van der Waals surface area contributed by atoms with Crippen molar-refractivity contribution in [1.82, 2.24) is 0 Å². The van der Waals surface area contributed by atoms with Gasteiger partial charge in [0.1, 0.15) is 7.05 Å². The van der Waals surface area contributed by atoms with E-state index in [0.717, 1.165) is 0 Å². The Balaban J connectivity index is 3.03. The lowest BCUT2D eigenvalue weighted by Gasteiger charge is -2.02. The van der Waals surface area contributed by atoms with Gasteiger partial charge in [-0.05, 0) is 12.1 Å². The molecule has 7 heteroatoms. The molecule has 0 bridgehead atoms. The SMILES string of the molecule is C/[N+]([O-])=N\Nc1c(Cl)cc(Cl)cc1Cl. The molecule has 0 aliphatic carbocycles. The van der Waals surface area contributed by atoms with Gasteiger partial charge in [0.15, 0.2) is 5.69 Å². The first-order valence-corrected chi connectivity index (χ1v) is 4.66. The van der Waals surface area contributed by atoms with Crippen molar-refractivity contribution in [3.8, 4) is 0 Å². The third kappa shape index (κ3) is 2.90. The number of anilines is 1. The van der Waals surface area contributed by atoms with Gasteiger partial charge in [0.25, 0.3) is 0 Å². The molecule has 1 aromatic rings. The molecule has 0 spiro atoms. The van der Waals surface area contributed by atoms with Crippen molar-refractivity contribution in [2.24, 2.45) is 5.22 Å². The molecule has 0 unspecified atom stereocenters. The van der Waals surface area contributed by atoms with E-state index in [1.807, 2.05) is 0 Å². The Morgan fingerprint density at radius 3 is 2.21 bits per heavy atom. The zero-order chi connectivity index (χ0) is 10.7. The van der Waals surface area contributed by atoms with Gasteiger partial charge in [-0.25, -0.2) is 0 Å². The molecule has 0 saturated heterocycles. The lowest BCUT2D eigenvalue weighted by Crippen LogP contribution is -1.97. The number of hydrogen-bond acceptors (Lipinski definition) is 2. The third-order valence-electron chi connectivity index (χ3n) is 1.31. The van der Waals surface area contributed by atoms with Gasteiger partial charge in [-0.15, -0.1) is 5.43 Å². The zero-order valence-corrected chi connectivity index (χ0v) is 9.36. The molecule has 76 valence electrons. The second-order valence-corrected chi connectivity index (χ2v) is 3.67. The standard InChI is InChI=1S/C7H6Cl3N3O/c1-13(14)12-11-7-5(9)2-4(8)3-6(7)10/h2-3,11H,1H3/b13-12+. The molecule has 0 saturated carbocycles. The molecule has 0 radical (unpaired) electrons. The van der Waals surface area contributed by atoms with Gasteiger partial charge >= 0.3 is 0 Å². The monoisotopic (exact) mass is 253 g/mol. The maximum atomic E-state index is 10.5. The Labute approximate surface area is 95.6 Å². The molecule has 1 rings (SSSR count). The van der Waals surface area contributed by atoms with E-state index in [2.05, 4.69) is 10.6 Å². The van der Waals surface area contributed by atoms with E-state index in [9.17, 15) is 5.21 Å². The highest BCUT2D eigenvalue weighted by molar-refractivity contribution is 6.41. The highest BCUT2D eigenvalue weighted by Crippen LogP contribution is 2.33. The molecule has 14 heavy (non-hydrogen) atoms. The molecule has 1 N–H and O–H groups in total. The van der Waals surface area contributed by atoms with Gasteiger partial charge in [-0.3, -0.25) is 0 Å². The smallest absolute Gasteiger partial charge is 0.184 e. The molecule has 0 aliphatic rings. The average molecular weight is 255 g/mol. The van der Waals surface area contributed by atoms with E-state index in [4.69, 9.17) is 34.8 Å². The molecule has 0 aliphatic heterocycles. The van der Waals surface area contributed by atoms with Crippen LogP contribution in [0.25, 0.3) is 0 Å². The van der Waals surface area contributed by atoms with Crippen LogP contribution < -0.4 is 5.43 Å². The summed E-state index contributed by atoms with van der Waals surface area (Å²) in [5.74, 6) is 0. The molecular formula is C7H6Cl3N3O. The molecular weight excluding hydrogens is 248 g/mol. The van der Waals surface area contributed by atoms with E-state index in [-0.39, 0.29) is 0 Å². The molecule has 1 aromatic carbocycles. The normalized spacial score (nSPS) is 11.6. The lowest BCUT2D eigenvalue weighted by atomic mass is 10.3. The Hall–Kier alpha value is -0.710. The number of hydroxylamine groups is 1. The summed E-state index contributed by atoms with van der Waals surface area (Å²) in [7, 11) is 1.23. The maximum absolute atomic E-state index is 10.5. The quantitative estimate of drug-likeness (QED) is 0.498. The van der Waals surface area contributed by atoms with Gasteiger partial charge in [-0.2, -0.15) is 4.86 Å². The van der Waals surface area contributed by atoms with Gasteiger partial charge in [0.2, 0.25) is 0 Å². The minimum Gasteiger partial charge on any atom is -0.696 e. The molecule has 0 atom stereocenters. The van der Waals surface area contributed by atoms with Crippen molar-refractivity contribution >= 4 is 40.5 Å². The van der Waals surface area contributed by atoms with Crippen LogP contribution in [-0.2, 0) is 0 Å². The van der Waals surface area contributed by atoms with Crippen molar-refractivity contribution in [2.45, 2.75) is 0 Å². The Bertz CT molecular complexity index is 353. The van der Waals surface area contributed by atoms with Crippen LogP contribution >= 0.6 is 34.8 Å². The summed E-state index contributed by atoms with van der Waals surface area (Å²) in [6, 6.07) is 3.00. The van der Waals surface area contributed by atoms with Crippen LogP contribution in [0.5, 0.6) is 0 Å². The van der Waals surface area contributed by atoms with Crippen LogP contribution in [0.3, 0.4) is 0 Å². The van der Waals surface area contributed by atoms with Gasteiger partial charge in [0, 0.05) is 5.02 Å². The van der Waals surface area contributed by atoms with Crippen molar-refractivity contribution in [1.29, 1.82) is 0 Å². The summed E-state index contributed by atoms with van der Waals surface area (Å²) in [5, 5.41) is 14.9. The first-order valence-electron chi connectivity index (χ1n) is 3.53. The number of halogens is 3. The molecule has 0 aromatic heterocycles. The van der Waals surface area contributed by atoms with Crippen LogP contribution in [-0.4, -0.2) is 11.9 Å². The van der Waals surface area contributed by atoms with Gasteiger partial charge in [0.05, 0.1) is 15.3 Å². The van der Waals surface area contributed by atoms with Crippen LogP contribution in [0.2, 0.25) is 15.1 Å². The van der Waals surface area contributed by atoms with Crippen molar-refractivity contribution in [3.05, 3.63) is 32.4 Å². The van der Waals surface area contributed by atoms with Gasteiger partial charge in [-0.1, -0.05) is 34.8 Å². The summed E-state index contributed by atoms with van der Waals surface area (Å²) in [4.78, 5) is 0.348. The van der Waals surface area contributed by atoms with E-state index < -0.39 is 0 Å². The Morgan fingerprint density at radius 1 is 1.29 bits per heavy atom. The van der Waals surface area contributed by atoms with Crippen LogP contribution in [0.4, 0.5) is 5.69 Å². The minimum atomic E-state index is 0.299. The maximum Gasteiger partial charge on any atom is 0.184 e. The predicted molar refractivity (Wildman–Crippen MR) is 57.1 cm³/mol. The number of nitrogens with one attached hydrogen (secondary N) is 1. The van der Waals surface area contributed by atoms with Gasteiger partial charge < -0.3 is 5.21 Å². The van der Waals surface area contributed by atoms with Crippen molar-refractivity contribution in [3.63, 3.8) is 0 Å².